The fourth-order valence-electron chi connectivity index (χ4n) is 4.66. The summed E-state index contributed by atoms with van der Waals surface area (Å²) in [5.74, 6) is 0.791. The molecule has 12 heteroatoms. The minimum Gasteiger partial charge on any atom is -0.422 e. The van der Waals surface area contributed by atoms with E-state index in [0.717, 1.165) is 28.8 Å². The largest absolute Gasteiger partial charge is 0.422 e. The van der Waals surface area contributed by atoms with Crippen molar-refractivity contribution in [1.29, 1.82) is 0 Å². The molecule has 1 unspecified atom stereocenters. The highest BCUT2D eigenvalue weighted by molar-refractivity contribution is 5.84. The Hall–Kier alpha value is -5.65. The second-order valence-corrected chi connectivity index (χ2v) is 9.06. The van der Waals surface area contributed by atoms with Gasteiger partial charge in [-0.15, -0.1) is 0 Å². The lowest BCUT2D eigenvalue weighted by Crippen LogP contribution is -2.31. The molecule has 0 saturated carbocycles. The number of pyridine rings is 2. The summed E-state index contributed by atoms with van der Waals surface area (Å²) in [7, 11) is 1.89. The van der Waals surface area contributed by atoms with E-state index in [1.807, 2.05) is 64.8 Å². The first-order valence-electron chi connectivity index (χ1n) is 12.3. The van der Waals surface area contributed by atoms with Crippen LogP contribution < -0.4 is 4.90 Å². The molecule has 6 aromatic rings. The number of rotatable bonds is 9. The minimum absolute atomic E-state index is 0.171. The van der Waals surface area contributed by atoms with Gasteiger partial charge in [0.1, 0.15) is 18.1 Å². The van der Waals surface area contributed by atoms with E-state index < -0.39 is 11.0 Å². The van der Waals surface area contributed by atoms with E-state index in [9.17, 15) is 14.9 Å². The van der Waals surface area contributed by atoms with Gasteiger partial charge in [0.15, 0.2) is 0 Å². The Morgan fingerprint density at radius 2 is 1.93 bits per heavy atom. The Labute approximate surface area is 227 Å². The molecule has 1 aromatic carbocycles. The summed E-state index contributed by atoms with van der Waals surface area (Å²) in [6.07, 6.45) is 10.9. The molecule has 0 fully saturated rings. The molecular weight excluding hydrogens is 512 g/mol. The predicted molar refractivity (Wildman–Crippen MR) is 146 cm³/mol. The number of aromatic nitrogens is 6. The first-order valence-corrected chi connectivity index (χ1v) is 12.3. The molecule has 5 aromatic heterocycles. The van der Waals surface area contributed by atoms with Crippen molar-refractivity contribution in [2.45, 2.75) is 12.5 Å². The molecule has 5 heterocycles. The highest BCUT2D eigenvalue weighted by Crippen LogP contribution is 2.34. The molecule has 198 valence electrons. The molecule has 12 nitrogen and oxygen atoms in total. The number of furan rings is 1. The summed E-state index contributed by atoms with van der Waals surface area (Å²) in [5, 5.41) is 11.6. The molecule has 0 bridgehead atoms. The normalized spacial score (nSPS) is 11.9. The molecule has 0 N–H and O–H groups in total. The summed E-state index contributed by atoms with van der Waals surface area (Å²) in [6, 6.07) is 15.9. The number of hydrogen-bond acceptors (Lipinski definition) is 8. The zero-order chi connectivity index (χ0) is 27.6. The number of nitro groups is 1. The second kappa shape index (κ2) is 10.3. The van der Waals surface area contributed by atoms with E-state index in [-0.39, 0.29) is 17.3 Å². The van der Waals surface area contributed by atoms with Crippen molar-refractivity contribution in [3.8, 4) is 16.9 Å². The molecule has 0 saturated heterocycles. The smallest absolute Gasteiger partial charge is 0.288 e. The van der Waals surface area contributed by atoms with Crippen LogP contribution in [0.15, 0.2) is 96.3 Å². The quantitative estimate of drug-likeness (QED) is 0.148. The summed E-state index contributed by atoms with van der Waals surface area (Å²) >= 11 is 0. The number of hydrogen-bond donors (Lipinski definition) is 0. The molecule has 6 rings (SSSR count). The summed E-state index contributed by atoms with van der Waals surface area (Å²) < 4.78 is 9.72. The summed E-state index contributed by atoms with van der Waals surface area (Å²) in [4.78, 5) is 42.0. The van der Waals surface area contributed by atoms with Crippen molar-refractivity contribution in [3.63, 3.8) is 0 Å². The highest BCUT2D eigenvalue weighted by Gasteiger charge is 2.29. The lowest BCUT2D eigenvalue weighted by atomic mass is 10.1. The van der Waals surface area contributed by atoms with E-state index in [4.69, 9.17) is 9.40 Å². The summed E-state index contributed by atoms with van der Waals surface area (Å²) in [6.45, 7) is 0. The Kier molecular flexibility index (Phi) is 6.32. The average molecular weight is 535 g/mol. The monoisotopic (exact) mass is 534 g/mol. The van der Waals surface area contributed by atoms with E-state index in [1.54, 1.807) is 31.0 Å². The van der Waals surface area contributed by atoms with Gasteiger partial charge < -0.3 is 13.6 Å². The van der Waals surface area contributed by atoms with Crippen LogP contribution in [-0.2, 0) is 18.3 Å². The van der Waals surface area contributed by atoms with Gasteiger partial charge in [-0.1, -0.05) is 18.2 Å². The van der Waals surface area contributed by atoms with Gasteiger partial charge in [-0.2, -0.15) is 0 Å². The zero-order valence-corrected chi connectivity index (χ0v) is 21.2. The van der Waals surface area contributed by atoms with Gasteiger partial charge in [0.25, 0.3) is 5.69 Å². The van der Waals surface area contributed by atoms with Gasteiger partial charge in [-0.05, 0) is 29.8 Å². The number of carbonyl (C=O) groups excluding carboxylic acids is 1. The molecule has 0 aliphatic carbocycles. The Morgan fingerprint density at radius 3 is 2.62 bits per heavy atom. The molecule has 0 aliphatic heterocycles. The molecule has 40 heavy (non-hydrogen) atoms. The number of fused-ring (bicyclic) bond motifs is 1. The van der Waals surface area contributed by atoms with E-state index >= 15 is 0 Å². The maximum Gasteiger partial charge on any atom is 0.288 e. The van der Waals surface area contributed by atoms with Crippen LogP contribution in [0, 0.1) is 10.1 Å². The van der Waals surface area contributed by atoms with Crippen LogP contribution in [-0.4, -0.2) is 40.4 Å². The number of nitrogens with zero attached hydrogens (tertiary/aromatic N) is 8. The maximum absolute atomic E-state index is 12.6. The van der Waals surface area contributed by atoms with Crippen molar-refractivity contribution >= 4 is 29.1 Å². The first kappa shape index (κ1) is 24.7. The van der Waals surface area contributed by atoms with E-state index in [2.05, 4.69) is 15.0 Å². The Morgan fingerprint density at radius 1 is 1.07 bits per heavy atom. The molecule has 1 amide bonds. The number of imidazole rings is 2. The fourth-order valence-corrected chi connectivity index (χ4v) is 4.66. The lowest BCUT2D eigenvalue weighted by Gasteiger charge is -2.26. The van der Waals surface area contributed by atoms with Crippen LogP contribution in [0.5, 0.6) is 0 Å². The van der Waals surface area contributed by atoms with Crippen molar-refractivity contribution in [2.24, 2.45) is 7.05 Å². The minimum atomic E-state index is -0.605. The number of anilines is 1. The van der Waals surface area contributed by atoms with Gasteiger partial charge in [-0.25, -0.2) is 15.0 Å². The third kappa shape index (κ3) is 4.58. The highest BCUT2D eigenvalue weighted by atomic mass is 16.6. The molecule has 1 atom stereocenters. The van der Waals surface area contributed by atoms with Gasteiger partial charge in [0.05, 0.1) is 23.1 Å². The molecular formula is C28H22N8O4. The van der Waals surface area contributed by atoms with Gasteiger partial charge in [0.2, 0.25) is 18.0 Å². The van der Waals surface area contributed by atoms with Crippen LogP contribution >= 0.6 is 0 Å². The third-order valence-electron chi connectivity index (χ3n) is 6.68. The van der Waals surface area contributed by atoms with Crippen molar-refractivity contribution in [3.05, 3.63) is 114 Å². The van der Waals surface area contributed by atoms with Crippen LogP contribution in [0.2, 0.25) is 0 Å². The molecule has 0 radical (unpaired) electrons. The SMILES string of the molecule is Cn1c(-c2ccc(-n3ccnc3)cc2)cnc1C(Cc1ccccn1)N(C=O)c1cc2cc([N+](=O)[O-])cnc2o1. The number of benzene rings is 1. The Bertz CT molecular complexity index is 1790. The average Bonchev–Trinajstić information content (AvgIpc) is 3.73. The van der Waals surface area contributed by atoms with Crippen molar-refractivity contribution in [1.82, 2.24) is 29.1 Å². The number of carbonyl (C=O) groups is 1. The number of amides is 1. The maximum atomic E-state index is 12.6. The molecule has 0 aliphatic rings. The van der Waals surface area contributed by atoms with Gasteiger partial charge in [-0.3, -0.25) is 24.8 Å². The molecule has 0 spiro atoms. The van der Waals surface area contributed by atoms with Gasteiger partial charge >= 0.3 is 0 Å². The lowest BCUT2D eigenvalue weighted by molar-refractivity contribution is -0.385. The van der Waals surface area contributed by atoms with E-state index in [0.29, 0.717) is 24.0 Å². The second-order valence-electron chi connectivity index (χ2n) is 9.06. The van der Waals surface area contributed by atoms with Crippen LogP contribution in [0.1, 0.15) is 17.6 Å². The standard InChI is InChI=1S/C28H22N8O4/c1-33-25(19-5-7-22(8-6-19)34-11-10-29-17-34)16-31-27(33)24(14-21-4-2-3-9-30-21)35(18-37)26-13-20-12-23(36(38)39)15-32-28(20)40-26/h2-13,15-18,24H,14H2,1H3. The topological polar surface area (TPSA) is 138 Å². The van der Waals surface area contributed by atoms with Crippen LogP contribution in [0.3, 0.4) is 0 Å². The van der Waals surface area contributed by atoms with E-state index in [1.165, 1.54) is 11.0 Å². The first-order chi connectivity index (χ1) is 19.5. The van der Waals surface area contributed by atoms with Crippen molar-refractivity contribution < 1.29 is 14.1 Å². The predicted octanol–water partition coefficient (Wildman–Crippen LogP) is 4.66. The fraction of sp³-hybridized carbons (Fsp3) is 0.107. The van der Waals surface area contributed by atoms with Crippen molar-refractivity contribution in [2.75, 3.05) is 4.90 Å². The summed E-state index contributed by atoms with van der Waals surface area (Å²) in [5.41, 5.74) is 3.53. The third-order valence-corrected chi connectivity index (χ3v) is 6.68. The zero-order valence-electron chi connectivity index (χ0n) is 21.2. The van der Waals surface area contributed by atoms with Gasteiger partial charge in [0, 0.05) is 61.0 Å². The van der Waals surface area contributed by atoms with Crippen LogP contribution in [0.4, 0.5) is 11.6 Å². The Balaban J connectivity index is 1.40. The van der Waals surface area contributed by atoms with Crippen LogP contribution in [0.25, 0.3) is 28.0 Å².